The van der Waals surface area contributed by atoms with Gasteiger partial charge in [-0.05, 0) is 54.8 Å². The molecule has 1 heterocycles. The van der Waals surface area contributed by atoms with Crippen LogP contribution >= 0.6 is 0 Å². The van der Waals surface area contributed by atoms with Gasteiger partial charge in [-0.1, -0.05) is 18.2 Å². The van der Waals surface area contributed by atoms with Crippen LogP contribution < -0.4 is 16.0 Å². The molecule has 2 amide bonds. The zero-order valence-corrected chi connectivity index (χ0v) is 13.4. The molecule has 0 radical (unpaired) electrons. The minimum absolute atomic E-state index is 0.204. The summed E-state index contributed by atoms with van der Waals surface area (Å²) in [6.07, 6.45) is 3.51. The normalized spacial score (nSPS) is 14.1. The van der Waals surface area contributed by atoms with Crippen LogP contribution in [0.15, 0.2) is 66.4 Å². The van der Waals surface area contributed by atoms with E-state index in [0.717, 1.165) is 24.2 Å². The van der Waals surface area contributed by atoms with Gasteiger partial charge < -0.3 is 15.8 Å². The number of carbonyl (C=O) groups is 1. The molecule has 0 atom stereocenters. The summed E-state index contributed by atoms with van der Waals surface area (Å²) in [4.78, 5) is 14.4. The summed E-state index contributed by atoms with van der Waals surface area (Å²) in [6, 6.07) is 16.6. The molecule has 124 valence electrons. The molecule has 0 spiro atoms. The average Bonchev–Trinajstić information content (AvgIpc) is 2.64. The van der Waals surface area contributed by atoms with E-state index in [-0.39, 0.29) is 6.03 Å². The number of hydrogen-bond donors (Lipinski definition) is 2. The minimum Gasteiger partial charge on any atom is -0.399 e. The molecular formula is C19H21N3O2. The van der Waals surface area contributed by atoms with Crippen molar-refractivity contribution >= 4 is 23.1 Å². The van der Waals surface area contributed by atoms with E-state index in [2.05, 4.69) is 5.32 Å². The number of ether oxygens (including phenoxy) is 1. The molecular weight excluding hydrogens is 302 g/mol. The zero-order chi connectivity index (χ0) is 16.8. The van der Waals surface area contributed by atoms with Gasteiger partial charge in [0.05, 0.1) is 24.6 Å². The van der Waals surface area contributed by atoms with E-state index in [1.54, 1.807) is 23.2 Å². The number of nitrogen functional groups attached to an aromatic ring is 1. The number of para-hydroxylation sites is 1. The summed E-state index contributed by atoms with van der Waals surface area (Å²) >= 11 is 0. The van der Waals surface area contributed by atoms with Crippen molar-refractivity contribution in [2.24, 2.45) is 0 Å². The SMILES string of the molecule is Nc1ccc(N(C(=O)NC=C2CCOCC2)c2ccccc2)cc1. The van der Waals surface area contributed by atoms with E-state index in [9.17, 15) is 4.79 Å². The zero-order valence-electron chi connectivity index (χ0n) is 13.4. The Morgan fingerprint density at radius 3 is 2.29 bits per heavy atom. The van der Waals surface area contributed by atoms with Crippen molar-refractivity contribution in [3.05, 3.63) is 66.4 Å². The molecule has 1 saturated heterocycles. The minimum atomic E-state index is -0.204. The molecule has 24 heavy (non-hydrogen) atoms. The average molecular weight is 323 g/mol. The summed E-state index contributed by atoms with van der Waals surface area (Å²) in [7, 11) is 0. The van der Waals surface area contributed by atoms with Crippen LogP contribution in [0.3, 0.4) is 0 Å². The fourth-order valence-electron chi connectivity index (χ4n) is 2.59. The van der Waals surface area contributed by atoms with Crippen LogP contribution in [0.2, 0.25) is 0 Å². The Balaban J connectivity index is 1.84. The number of nitrogens with one attached hydrogen (secondary N) is 1. The Morgan fingerprint density at radius 2 is 1.62 bits per heavy atom. The number of nitrogens with two attached hydrogens (primary N) is 1. The molecule has 3 N–H and O–H groups in total. The molecule has 2 aromatic rings. The summed E-state index contributed by atoms with van der Waals surface area (Å²) in [5.74, 6) is 0. The van der Waals surface area contributed by atoms with Gasteiger partial charge in [-0.25, -0.2) is 4.79 Å². The lowest BCUT2D eigenvalue weighted by Crippen LogP contribution is -2.34. The molecule has 1 aliphatic rings. The topological polar surface area (TPSA) is 67.6 Å². The highest BCUT2D eigenvalue weighted by Gasteiger charge is 2.17. The number of carbonyl (C=O) groups excluding carboxylic acids is 1. The van der Waals surface area contributed by atoms with Gasteiger partial charge in [0.2, 0.25) is 0 Å². The largest absolute Gasteiger partial charge is 0.399 e. The highest BCUT2D eigenvalue weighted by atomic mass is 16.5. The number of hydrogen-bond acceptors (Lipinski definition) is 3. The molecule has 0 unspecified atom stereocenters. The third-order valence-electron chi connectivity index (χ3n) is 3.90. The van der Waals surface area contributed by atoms with Crippen molar-refractivity contribution in [3.63, 3.8) is 0 Å². The molecule has 5 heteroatoms. The second-order valence-electron chi connectivity index (χ2n) is 5.63. The first kappa shape index (κ1) is 16.1. The van der Waals surface area contributed by atoms with Crippen LogP contribution in [0.5, 0.6) is 0 Å². The molecule has 2 aromatic carbocycles. The maximum atomic E-state index is 12.8. The standard InChI is InChI=1S/C19H21N3O2/c20-16-6-8-18(9-7-16)22(17-4-2-1-3-5-17)19(23)21-14-15-10-12-24-13-11-15/h1-9,14H,10-13,20H2,(H,21,23). The molecule has 0 aliphatic carbocycles. The van der Waals surface area contributed by atoms with E-state index in [1.807, 2.05) is 42.5 Å². The smallest absolute Gasteiger partial charge is 0.330 e. The molecule has 1 aliphatic heterocycles. The van der Waals surface area contributed by atoms with Crippen molar-refractivity contribution < 1.29 is 9.53 Å². The van der Waals surface area contributed by atoms with Gasteiger partial charge in [0.25, 0.3) is 0 Å². The van der Waals surface area contributed by atoms with Crippen molar-refractivity contribution in [1.29, 1.82) is 0 Å². The first-order valence-corrected chi connectivity index (χ1v) is 8.01. The number of amides is 2. The van der Waals surface area contributed by atoms with E-state index < -0.39 is 0 Å². The third-order valence-corrected chi connectivity index (χ3v) is 3.90. The maximum Gasteiger partial charge on any atom is 0.330 e. The number of benzene rings is 2. The number of rotatable bonds is 3. The van der Waals surface area contributed by atoms with E-state index >= 15 is 0 Å². The second kappa shape index (κ2) is 7.66. The Hall–Kier alpha value is -2.79. The van der Waals surface area contributed by atoms with Gasteiger partial charge in [-0.2, -0.15) is 0 Å². The van der Waals surface area contributed by atoms with Crippen LogP contribution in [-0.4, -0.2) is 19.2 Å². The first-order valence-electron chi connectivity index (χ1n) is 8.01. The first-order chi connectivity index (χ1) is 11.7. The lowest BCUT2D eigenvalue weighted by Gasteiger charge is -2.23. The van der Waals surface area contributed by atoms with E-state index in [0.29, 0.717) is 18.9 Å². The van der Waals surface area contributed by atoms with Crippen molar-refractivity contribution in [2.45, 2.75) is 12.8 Å². The van der Waals surface area contributed by atoms with Gasteiger partial charge in [-0.15, -0.1) is 0 Å². The van der Waals surface area contributed by atoms with Gasteiger partial charge in [0.15, 0.2) is 0 Å². The maximum absolute atomic E-state index is 12.8. The van der Waals surface area contributed by atoms with Crippen molar-refractivity contribution in [3.8, 4) is 0 Å². The lowest BCUT2D eigenvalue weighted by molar-refractivity contribution is 0.119. The fourth-order valence-corrected chi connectivity index (χ4v) is 2.59. The Kier molecular flexibility index (Phi) is 5.13. The predicted octanol–water partition coefficient (Wildman–Crippen LogP) is 3.81. The quantitative estimate of drug-likeness (QED) is 0.844. The number of anilines is 3. The summed E-state index contributed by atoms with van der Waals surface area (Å²) in [6.45, 7) is 1.42. The second-order valence-corrected chi connectivity index (χ2v) is 5.63. The van der Waals surface area contributed by atoms with Crippen molar-refractivity contribution in [1.82, 2.24) is 5.32 Å². The molecule has 1 fully saturated rings. The van der Waals surface area contributed by atoms with Crippen LogP contribution in [0.25, 0.3) is 0 Å². The van der Waals surface area contributed by atoms with Gasteiger partial charge in [0, 0.05) is 11.9 Å². The Labute approximate surface area is 141 Å². The van der Waals surface area contributed by atoms with Gasteiger partial charge in [-0.3, -0.25) is 4.90 Å². The molecule has 0 bridgehead atoms. The molecule has 3 rings (SSSR count). The molecule has 0 aromatic heterocycles. The van der Waals surface area contributed by atoms with Crippen molar-refractivity contribution in [2.75, 3.05) is 23.8 Å². The lowest BCUT2D eigenvalue weighted by atomic mass is 10.1. The van der Waals surface area contributed by atoms with Crippen LogP contribution in [0.1, 0.15) is 12.8 Å². The Bertz CT molecular complexity index is 703. The fraction of sp³-hybridized carbons (Fsp3) is 0.211. The van der Waals surface area contributed by atoms with Crippen LogP contribution in [0.4, 0.5) is 21.9 Å². The summed E-state index contributed by atoms with van der Waals surface area (Å²) < 4.78 is 5.33. The third kappa shape index (κ3) is 3.94. The van der Waals surface area contributed by atoms with E-state index in [1.165, 1.54) is 5.57 Å². The summed E-state index contributed by atoms with van der Waals surface area (Å²) in [5.41, 5.74) is 9.17. The summed E-state index contributed by atoms with van der Waals surface area (Å²) in [5, 5.41) is 2.90. The van der Waals surface area contributed by atoms with Gasteiger partial charge in [0.1, 0.15) is 0 Å². The van der Waals surface area contributed by atoms with E-state index in [4.69, 9.17) is 10.5 Å². The van der Waals surface area contributed by atoms with Crippen LogP contribution in [-0.2, 0) is 4.74 Å². The molecule has 5 nitrogen and oxygen atoms in total. The highest BCUT2D eigenvalue weighted by Crippen LogP contribution is 2.26. The number of nitrogens with zero attached hydrogens (tertiary/aromatic N) is 1. The highest BCUT2D eigenvalue weighted by molar-refractivity contribution is 5.99. The van der Waals surface area contributed by atoms with Crippen LogP contribution in [0, 0.1) is 0 Å². The molecule has 0 saturated carbocycles. The van der Waals surface area contributed by atoms with Gasteiger partial charge >= 0.3 is 6.03 Å². The monoisotopic (exact) mass is 323 g/mol. The number of urea groups is 1. The predicted molar refractivity (Wildman–Crippen MR) is 96.1 cm³/mol. The Morgan fingerprint density at radius 1 is 1.00 bits per heavy atom.